The minimum absolute atomic E-state index is 0.312. The predicted octanol–water partition coefficient (Wildman–Crippen LogP) is 2.52. The molecule has 0 radical (unpaired) electrons. The maximum Gasteiger partial charge on any atom is 0.258 e. The van der Waals surface area contributed by atoms with Gasteiger partial charge in [0, 0.05) is 11.3 Å². The molecule has 0 aliphatic heterocycles. The van der Waals surface area contributed by atoms with Gasteiger partial charge in [-0.05, 0) is 36.4 Å². The Kier molecular flexibility index (Phi) is 2.68. The van der Waals surface area contributed by atoms with Crippen LogP contribution in [0, 0.1) is 5.82 Å². The maximum atomic E-state index is 12.8. The number of benzene rings is 1. The summed E-state index contributed by atoms with van der Waals surface area (Å²) in [4.78, 5) is 8.10. The molecule has 94 valence electrons. The van der Waals surface area contributed by atoms with Crippen molar-refractivity contribution in [1.29, 1.82) is 0 Å². The molecule has 0 fully saturated rings. The topological polar surface area (TPSA) is 77.8 Å². The molecular formula is C13H9FN4O. The van der Waals surface area contributed by atoms with Gasteiger partial charge in [-0.15, -0.1) is 0 Å². The third kappa shape index (κ3) is 2.28. The van der Waals surface area contributed by atoms with E-state index in [1.54, 1.807) is 24.3 Å². The molecule has 19 heavy (non-hydrogen) atoms. The van der Waals surface area contributed by atoms with Crippen LogP contribution < -0.4 is 5.73 Å². The van der Waals surface area contributed by atoms with Gasteiger partial charge in [-0.3, -0.25) is 0 Å². The maximum absolute atomic E-state index is 12.8. The second-order valence-electron chi connectivity index (χ2n) is 3.91. The highest BCUT2D eigenvalue weighted by Crippen LogP contribution is 2.21. The Morgan fingerprint density at radius 3 is 2.53 bits per heavy atom. The first-order valence-electron chi connectivity index (χ1n) is 5.54. The first-order chi connectivity index (χ1) is 9.22. The summed E-state index contributed by atoms with van der Waals surface area (Å²) < 4.78 is 17.9. The standard InChI is InChI=1S/C13H9FN4O/c14-9-3-6-11(16-7-9)12-17-13(19-18-12)8-1-4-10(15)5-2-8/h1-7H,15H2. The Morgan fingerprint density at radius 1 is 1.05 bits per heavy atom. The van der Waals surface area contributed by atoms with Crippen LogP contribution in [0.15, 0.2) is 47.1 Å². The van der Waals surface area contributed by atoms with Gasteiger partial charge < -0.3 is 10.3 Å². The summed E-state index contributed by atoms with van der Waals surface area (Å²) in [5.41, 5.74) is 7.47. The lowest BCUT2D eigenvalue weighted by atomic mass is 10.2. The van der Waals surface area contributed by atoms with Crippen molar-refractivity contribution in [2.24, 2.45) is 0 Å². The SMILES string of the molecule is Nc1ccc(-c2nc(-c3ccc(F)cn3)no2)cc1. The molecule has 3 rings (SSSR count). The van der Waals surface area contributed by atoms with Crippen molar-refractivity contribution in [2.75, 3.05) is 5.73 Å². The number of hydrogen-bond acceptors (Lipinski definition) is 5. The first-order valence-corrected chi connectivity index (χ1v) is 5.54. The van der Waals surface area contributed by atoms with Gasteiger partial charge >= 0.3 is 0 Å². The van der Waals surface area contributed by atoms with Crippen LogP contribution in [0.25, 0.3) is 23.0 Å². The average Bonchev–Trinajstić information content (AvgIpc) is 2.90. The second-order valence-corrected chi connectivity index (χ2v) is 3.91. The van der Waals surface area contributed by atoms with E-state index in [1.807, 2.05) is 0 Å². The fourth-order valence-electron chi connectivity index (χ4n) is 1.58. The van der Waals surface area contributed by atoms with Crippen LogP contribution in [-0.2, 0) is 0 Å². The summed E-state index contributed by atoms with van der Waals surface area (Å²) in [5, 5.41) is 3.81. The van der Waals surface area contributed by atoms with Gasteiger partial charge in [-0.25, -0.2) is 9.37 Å². The molecule has 0 amide bonds. The zero-order chi connectivity index (χ0) is 13.2. The van der Waals surface area contributed by atoms with Crippen LogP contribution in [0.4, 0.5) is 10.1 Å². The van der Waals surface area contributed by atoms with Crippen molar-refractivity contribution in [3.63, 3.8) is 0 Å². The average molecular weight is 256 g/mol. The van der Waals surface area contributed by atoms with Crippen molar-refractivity contribution >= 4 is 5.69 Å². The van der Waals surface area contributed by atoms with E-state index in [1.165, 1.54) is 12.1 Å². The van der Waals surface area contributed by atoms with Crippen molar-refractivity contribution in [2.45, 2.75) is 0 Å². The highest BCUT2D eigenvalue weighted by atomic mass is 19.1. The normalized spacial score (nSPS) is 10.6. The third-order valence-corrected chi connectivity index (χ3v) is 2.54. The van der Waals surface area contributed by atoms with E-state index in [0.717, 1.165) is 11.8 Å². The molecule has 0 spiro atoms. The lowest BCUT2D eigenvalue weighted by molar-refractivity contribution is 0.432. The van der Waals surface area contributed by atoms with Crippen molar-refractivity contribution < 1.29 is 8.91 Å². The molecule has 1 aromatic carbocycles. The molecule has 5 nitrogen and oxygen atoms in total. The van der Waals surface area contributed by atoms with Crippen LogP contribution in [0.5, 0.6) is 0 Å². The third-order valence-electron chi connectivity index (χ3n) is 2.54. The molecule has 6 heteroatoms. The summed E-state index contributed by atoms with van der Waals surface area (Å²) in [6, 6.07) is 9.84. The Labute approximate surface area is 107 Å². The zero-order valence-electron chi connectivity index (χ0n) is 9.75. The quantitative estimate of drug-likeness (QED) is 0.713. The summed E-state index contributed by atoms with van der Waals surface area (Å²) in [6.07, 6.45) is 1.11. The van der Waals surface area contributed by atoms with Gasteiger partial charge in [-0.2, -0.15) is 4.98 Å². The molecule has 0 aliphatic carbocycles. The number of halogens is 1. The van der Waals surface area contributed by atoms with Crippen molar-refractivity contribution in [1.82, 2.24) is 15.1 Å². The molecule has 2 heterocycles. The molecule has 0 aliphatic rings. The fourth-order valence-corrected chi connectivity index (χ4v) is 1.58. The van der Waals surface area contributed by atoms with Crippen LogP contribution in [0.1, 0.15) is 0 Å². The number of rotatable bonds is 2. The molecule has 0 bridgehead atoms. The number of hydrogen-bond donors (Lipinski definition) is 1. The summed E-state index contributed by atoms with van der Waals surface area (Å²) in [5.74, 6) is 0.263. The van der Waals surface area contributed by atoms with Crippen LogP contribution in [-0.4, -0.2) is 15.1 Å². The molecular weight excluding hydrogens is 247 g/mol. The van der Waals surface area contributed by atoms with Gasteiger partial charge in [0.2, 0.25) is 5.82 Å². The van der Waals surface area contributed by atoms with E-state index in [2.05, 4.69) is 15.1 Å². The zero-order valence-corrected chi connectivity index (χ0v) is 9.75. The lowest BCUT2D eigenvalue weighted by Gasteiger charge is -1.94. The predicted molar refractivity (Wildman–Crippen MR) is 67.3 cm³/mol. The molecule has 3 aromatic rings. The van der Waals surface area contributed by atoms with Crippen molar-refractivity contribution in [3.05, 3.63) is 48.4 Å². The van der Waals surface area contributed by atoms with Crippen LogP contribution in [0.2, 0.25) is 0 Å². The highest BCUT2D eigenvalue weighted by molar-refractivity contribution is 5.59. The minimum atomic E-state index is -0.411. The van der Waals surface area contributed by atoms with E-state index >= 15 is 0 Å². The van der Waals surface area contributed by atoms with E-state index < -0.39 is 5.82 Å². The molecule has 2 aromatic heterocycles. The smallest absolute Gasteiger partial charge is 0.258 e. The van der Waals surface area contributed by atoms with Gasteiger partial charge in [0.15, 0.2) is 0 Å². The van der Waals surface area contributed by atoms with Gasteiger partial charge in [-0.1, -0.05) is 5.16 Å². The molecule has 0 unspecified atom stereocenters. The van der Waals surface area contributed by atoms with E-state index in [0.29, 0.717) is 23.1 Å². The van der Waals surface area contributed by atoms with Gasteiger partial charge in [0.1, 0.15) is 11.5 Å². The van der Waals surface area contributed by atoms with E-state index in [4.69, 9.17) is 10.3 Å². The number of nitrogen functional groups attached to an aromatic ring is 1. The summed E-state index contributed by atoms with van der Waals surface area (Å²) in [7, 11) is 0. The molecule has 0 saturated carbocycles. The van der Waals surface area contributed by atoms with Crippen LogP contribution in [0.3, 0.4) is 0 Å². The number of aromatic nitrogens is 3. The van der Waals surface area contributed by atoms with E-state index in [9.17, 15) is 4.39 Å². The number of nitrogens with zero attached hydrogens (tertiary/aromatic N) is 3. The lowest BCUT2D eigenvalue weighted by Crippen LogP contribution is -1.87. The summed E-state index contributed by atoms with van der Waals surface area (Å²) in [6.45, 7) is 0. The van der Waals surface area contributed by atoms with E-state index in [-0.39, 0.29) is 0 Å². The highest BCUT2D eigenvalue weighted by Gasteiger charge is 2.11. The number of nitrogens with two attached hydrogens (primary N) is 1. The second kappa shape index (κ2) is 4.49. The largest absolute Gasteiger partial charge is 0.399 e. The number of anilines is 1. The van der Waals surface area contributed by atoms with Crippen LogP contribution >= 0.6 is 0 Å². The Balaban J connectivity index is 1.95. The first kappa shape index (κ1) is 11.3. The summed E-state index contributed by atoms with van der Waals surface area (Å²) >= 11 is 0. The Morgan fingerprint density at radius 2 is 1.84 bits per heavy atom. The Bertz CT molecular complexity index is 631. The molecule has 0 atom stereocenters. The molecule has 0 saturated heterocycles. The minimum Gasteiger partial charge on any atom is -0.399 e. The number of pyridine rings is 1. The van der Waals surface area contributed by atoms with Gasteiger partial charge in [0.05, 0.1) is 6.20 Å². The monoisotopic (exact) mass is 256 g/mol. The van der Waals surface area contributed by atoms with Gasteiger partial charge in [0.25, 0.3) is 5.89 Å². The molecule has 2 N–H and O–H groups in total. The van der Waals surface area contributed by atoms with Crippen molar-refractivity contribution in [3.8, 4) is 23.0 Å². The fraction of sp³-hybridized carbons (Fsp3) is 0. The Hall–Kier alpha value is -2.76.